The van der Waals surface area contributed by atoms with Crippen LogP contribution in [0.2, 0.25) is 10.0 Å². The average molecular weight is 534 g/mol. The van der Waals surface area contributed by atoms with Crippen LogP contribution in [0.25, 0.3) is 22.0 Å². The van der Waals surface area contributed by atoms with Crippen molar-refractivity contribution >= 4 is 57.1 Å². The molecule has 0 bridgehead atoms. The number of Topliss-reactive ketones (excluding diaryl/α,β-unsaturated/α-hetero) is 1. The lowest BCUT2D eigenvalue weighted by molar-refractivity contribution is 0.0968. The highest BCUT2D eigenvalue weighted by Crippen LogP contribution is 2.40. The summed E-state index contributed by atoms with van der Waals surface area (Å²) in [6, 6.07) is 13.2. The zero-order valence-corrected chi connectivity index (χ0v) is 21.4. The molecule has 3 heterocycles. The molecule has 4 N–H and O–H groups in total. The highest BCUT2D eigenvalue weighted by molar-refractivity contribution is 6.37. The number of nitrogens with one attached hydrogen (secondary N) is 1. The van der Waals surface area contributed by atoms with Gasteiger partial charge in [-0.2, -0.15) is 0 Å². The zero-order chi connectivity index (χ0) is 25.7. The Labute approximate surface area is 224 Å². The molecule has 0 amide bonds. The number of benzene rings is 2. The number of carbonyl (C=O) groups is 1. The number of pyridine rings is 2. The number of aromatic hydroxyl groups is 1. The SMILES string of the molecule is NC1CCN(c2ccc(Nc3c(C(=O)C4CC4)cnc4ccc(-c5cc(Cl)c(O)c(Cl)c5)cc34)cn2)C1. The first-order chi connectivity index (χ1) is 17.9. The Balaban J connectivity index is 1.42. The summed E-state index contributed by atoms with van der Waals surface area (Å²) in [4.78, 5) is 24.6. The lowest BCUT2D eigenvalue weighted by Crippen LogP contribution is -2.26. The number of fused-ring (bicyclic) bond motifs is 1. The molecule has 4 aromatic rings. The molecule has 2 aromatic heterocycles. The number of carbonyl (C=O) groups excluding carboxylic acids is 1. The summed E-state index contributed by atoms with van der Waals surface area (Å²) in [5.74, 6) is 0.864. The van der Waals surface area contributed by atoms with Crippen molar-refractivity contribution in [2.75, 3.05) is 23.3 Å². The highest BCUT2D eigenvalue weighted by Gasteiger charge is 2.32. The summed E-state index contributed by atoms with van der Waals surface area (Å²) < 4.78 is 0. The molecule has 1 atom stereocenters. The van der Waals surface area contributed by atoms with Crippen molar-refractivity contribution in [1.29, 1.82) is 0 Å². The van der Waals surface area contributed by atoms with Crippen molar-refractivity contribution in [3.8, 4) is 16.9 Å². The van der Waals surface area contributed by atoms with Gasteiger partial charge in [-0.25, -0.2) is 4.98 Å². The van der Waals surface area contributed by atoms with Gasteiger partial charge in [0.25, 0.3) is 0 Å². The van der Waals surface area contributed by atoms with Gasteiger partial charge in [-0.05, 0) is 66.8 Å². The number of halogens is 2. The maximum atomic E-state index is 13.2. The van der Waals surface area contributed by atoms with Crippen molar-refractivity contribution in [1.82, 2.24) is 9.97 Å². The summed E-state index contributed by atoms with van der Waals surface area (Å²) in [6.07, 6.45) is 6.19. The van der Waals surface area contributed by atoms with Gasteiger partial charge in [0.2, 0.25) is 0 Å². The topological polar surface area (TPSA) is 104 Å². The van der Waals surface area contributed by atoms with Gasteiger partial charge in [-0.1, -0.05) is 29.3 Å². The second-order valence-electron chi connectivity index (χ2n) is 9.73. The molecule has 2 aliphatic rings. The van der Waals surface area contributed by atoms with Crippen molar-refractivity contribution < 1.29 is 9.90 Å². The van der Waals surface area contributed by atoms with Gasteiger partial charge >= 0.3 is 0 Å². The maximum absolute atomic E-state index is 13.2. The van der Waals surface area contributed by atoms with Gasteiger partial charge in [-0.3, -0.25) is 9.78 Å². The number of nitrogens with zero attached hydrogens (tertiary/aromatic N) is 3. The number of ketones is 1. The van der Waals surface area contributed by atoms with Gasteiger partial charge in [0, 0.05) is 36.6 Å². The second-order valence-corrected chi connectivity index (χ2v) is 10.5. The third-order valence-corrected chi connectivity index (χ3v) is 7.57. The van der Waals surface area contributed by atoms with Gasteiger partial charge in [0.15, 0.2) is 11.5 Å². The Kier molecular flexibility index (Phi) is 6.15. The third kappa shape index (κ3) is 4.70. The van der Waals surface area contributed by atoms with Crippen LogP contribution in [0, 0.1) is 5.92 Å². The van der Waals surface area contributed by atoms with Crippen LogP contribution in [0.3, 0.4) is 0 Å². The van der Waals surface area contributed by atoms with Crippen molar-refractivity contribution in [3.05, 3.63) is 70.5 Å². The van der Waals surface area contributed by atoms with E-state index in [0.29, 0.717) is 11.3 Å². The molecule has 1 saturated carbocycles. The van der Waals surface area contributed by atoms with Gasteiger partial charge < -0.3 is 21.1 Å². The predicted molar refractivity (Wildman–Crippen MR) is 148 cm³/mol. The van der Waals surface area contributed by atoms with Crippen LogP contribution in [0.15, 0.2) is 54.9 Å². The van der Waals surface area contributed by atoms with E-state index in [9.17, 15) is 9.90 Å². The smallest absolute Gasteiger partial charge is 0.169 e. The van der Waals surface area contributed by atoms with Crippen LogP contribution in [0.4, 0.5) is 17.2 Å². The molecule has 0 spiro atoms. The van der Waals surface area contributed by atoms with Crippen LogP contribution < -0.4 is 16.0 Å². The number of anilines is 3. The van der Waals surface area contributed by atoms with E-state index in [2.05, 4.69) is 20.2 Å². The molecule has 2 aromatic carbocycles. The quantitative estimate of drug-likeness (QED) is 0.254. The Hall–Kier alpha value is -3.39. The van der Waals surface area contributed by atoms with E-state index >= 15 is 0 Å². The van der Waals surface area contributed by atoms with E-state index in [-0.39, 0.29) is 33.5 Å². The first-order valence-corrected chi connectivity index (χ1v) is 13.0. The van der Waals surface area contributed by atoms with E-state index in [1.807, 2.05) is 30.3 Å². The molecule has 7 nitrogen and oxygen atoms in total. The number of hydrogen-bond donors (Lipinski definition) is 3. The minimum absolute atomic E-state index is 0.0394. The van der Waals surface area contributed by atoms with Gasteiger partial charge in [0.1, 0.15) is 5.82 Å². The van der Waals surface area contributed by atoms with Crippen molar-refractivity contribution in [2.45, 2.75) is 25.3 Å². The normalized spacial score (nSPS) is 17.4. The van der Waals surface area contributed by atoms with Crippen LogP contribution in [0.1, 0.15) is 29.6 Å². The number of rotatable bonds is 6. The van der Waals surface area contributed by atoms with E-state index in [4.69, 9.17) is 28.9 Å². The van der Waals surface area contributed by atoms with E-state index in [1.54, 1.807) is 24.5 Å². The lowest BCUT2D eigenvalue weighted by Gasteiger charge is -2.18. The summed E-state index contributed by atoms with van der Waals surface area (Å²) in [5.41, 5.74) is 10.4. The molecule has 9 heteroatoms. The molecule has 1 unspecified atom stereocenters. The van der Waals surface area contributed by atoms with Crippen LogP contribution in [0.5, 0.6) is 5.75 Å². The van der Waals surface area contributed by atoms with Gasteiger partial charge in [-0.15, -0.1) is 0 Å². The molecule has 1 aliphatic heterocycles. The van der Waals surface area contributed by atoms with E-state index < -0.39 is 0 Å². The molecule has 37 heavy (non-hydrogen) atoms. The predicted octanol–water partition coefficient (Wildman–Crippen LogP) is 6.18. The second kappa shape index (κ2) is 9.49. The fourth-order valence-electron chi connectivity index (χ4n) is 4.78. The van der Waals surface area contributed by atoms with E-state index in [1.165, 1.54) is 0 Å². The molecule has 1 saturated heterocycles. The molecule has 188 valence electrons. The average Bonchev–Trinajstić information content (AvgIpc) is 3.67. The summed E-state index contributed by atoms with van der Waals surface area (Å²) in [5, 5.41) is 14.6. The maximum Gasteiger partial charge on any atom is 0.169 e. The lowest BCUT2D eigenvalue weighted by atomic mass is 9.99. The molecular formula is C28H25Cl2N5O2. The standard InChI is InChI=1S/C28H25Cl2N5O2/c29-22-10-17(11-23(30)28(22)37)16-3-5-24-20(9-16)26(21(13-32-24)27(36)15-1-2-15)34-19-4-6-25(33-12-19)35-8-7-18(31)14-35/h3-6,9-13,15,18,37H,1-2,7-8,14,31H2,(H,32,34). The Morgan fingerprint density at radius 1 is 1.00 bits per heavy atom. The number of hydrogen-bond acceptors (Lipinski definition) is 7. The largest absolute Gasteiger partial charge is 0.505 e. The zero-order valence-electron chi connectivity index (χ0n) is 19.9. The van der Waals surface area contributed by atoms with Gasteiger partial charge in [0.05, 0.1) is 38.7 Å². The third-order valence-electron chi connectivity index (χ3n) is 7.00. The number of phenolic OH excluding ortho intramolecular Hbond substituents is 1. The number of phenols is 1. The Morgan fingerprint density at radius 3 is 2.43 bits per heavy atom. The highest BCUT2D eigenvalue weighted by atomic mass is 35.5. The molecule has 0 radical (unpaired) electrons. The monoisotopic (exact) mass is 533 g/mol. The minimum Gasteiger partial charge on any atom is -0.505 e. The molecular weight excluding hydrogens is 509 g/mol. The number of aromatic nitrogens is 2. The first-order valence-electron chi connectivity index (χ1n) is 12.3. The van der Waals surface area contributed by atoms with Crippen LogP contribution >= 0.6 is 23.2 Å². The van der Waals surface area contributed by atoms with Crippen LogP contribution in [-0.2, 0) is 0 Å². The van der Waals surface area contributed by atoms with Crippen LogP contribution in [-0.4, -0.2) is 40.0 Å². The fraction of sp³-hybridized carbons (Fsp3) is 0.250. The number of nitrogens with two attached hydrogens (primary N) is 1. The summed E-state index contributed by atoms with van der Waals surface area (Å²) in [7, 11) is 0. The molecule has 6 rings (SSSR count). The van der Waals surface area contributed by atoms with Crippen molar-refractivity contribution in [2.24, 2.45) is 11.7 Å². The Bertz CT molecular complexity index is 1500. The molecule has 2 fully saturated rings. The summed E-state index contributed by atoms with van der Waals surface area (Å²) >= 11 is 12.4. The van der Waals surface area contributed by atoms with E-state index in [0.717, 1.165) is 65.9 Å². The van der Waals surface area contributed by atoms with Crippen molar-refractivity contribution in [3.63, 3.8) is 0 Å². The minimum atomic E-state index is -0.152. The first kappa shape index (κ1) is 24.0. The molecule has 1 aliphatic carbocycles. The fourth-order valence-corrected chi connectivity index (χ4v) is 5.27. The Morgan fingerprint density at radius 2 is 1.78 bits per heavy atom. The summed E-state index contributed by atoms with van der Waals surface area (Å²) in [6.45, 7) is 1.69.